The molecule has 5 rings (SSSR count). The second-order valence-electron chi connectivity index (χ2n) is 8.02. The maximum atomic E-state index is 13.3. The van der Waals surface area contributed by atoms with Gasteiger partial charge in [0.05, 0.1) is 10.6 Å². The van der Waals surface area contributed by atoms with E-state index in [0.29, 0.717) is 44.7 Å². The van der Waals surface area contributed by atoms with Crippen LogP contribution in [0.15, 0.2) is 64.2 Å². The molecule has 2 aromatic heterocycles. The van der Waals surface area contributed by atoms with Crippen LogP contribution in [0, 0.1) is 17.0 Å². The van der Waals surface area contributed by atoms with Gasteiger partial charge in [-0.15, -0.1) is 10.2 Å². The lowest BCUT2D eigenvalue weighted by Crippen LogP contribution is -2.37. The summed E-state index contributed by atoms with van der Waals surface area (Å²) in [4.78, 5) is 30.0. The minimum absolute atomic E-state index is 0.000144. The molecule has 1 amide bonds. The van der Waals surface area contributed by atoms with E-state index in [-0.39, 0.29) is 23.9 Å². The molecule has 0 fully saturated rings. The monoisotopic (exact) mass is 503 g/mol. The van der Waals surface area contributed by atoms with Gasteiger partial charge in [-0.2, -0.15) is 4.98 Å². The number of aryl methyl sites for hydroxylation is 1. The lowest BCUT2D eigenvalue weighted by Gasteiger charge is -2.29. The molecule has 0 unspecified atom stereocenters. The van der Waals surface area contributed by atoms with E-state index < -0.39 is 11.2 Å². The quantitative estimate of drug-likeness (QED) is 0.195. The number of carbonyl (C=O) groups is 1. The Hall–Kier alpha value is -4.25. The summed E-state index contributed by atoms with van der Waals surface area (Å²) in [7, 11) is 0. The van der Waals surface area contributed by atoms with Crippen LogP contribution in [0.25, 0.3) is 22.6 Å². The highest BCUT2D eigenvalue weighted by Crippen LogP contribution is 2.44. The molecule has 0 bridgehead atoms. The third-order valence-electron chi connectivity index (χ3n) is 5.82. The van der Waals surface area contributed by atoms with Gasteiger partial charge < -0.3 is 9.15 Å². The van der Waals surface area contributed by atoms with Crippen LogP contribution in [-0.4, -0.2) is 32.3 Å². The average Bonchev–Trinajstić information content (AvgIpc) is 3.32. The maximum Gasteiger partial charge on any atom is 0.269 e. The molecule has 1 aliphatic rings. The number of fused-ring (bicyclic) bond motifs is 3. The van der Waals surface area contributed by atoms with Crippen molar-refractivity contribution in [2.45, 2.75) is 31.7 Å². The molecular weight excluding hydrogens is 482 g/mol. The standard InChI is InChI=1S/C25H21N5O5S/c1-4-21(31)29-18-8-6-5-7-17(18)22-23(26-25(36-3)28-27-22)35-24(29)20-12-11-19(34-20)16-10-9-15(30(32)33)13-14(16)2/h5-13,24H,4H2,1-3H3/t24-/m1/s1. The van der Waals surface area contributed by atoms with Gasteiger partial charge in [-0.1, -0.05) is 36.9 Å². The maximum absolute atomic E-state index is 13.3. The molecule has 1 atom stereocenters. The number of nitro benzene ring substituents is 1. The second kappa shape index (κ2) is 9.42. The van der Waals surface area contributed by atoms with Crippen LogP contribution >= 0.6 is 11.8 Å². The summed E-state index contributed by atoms with van der Waals surface area (Å²) in [5.74, 6) is 0.926. The number of furan rings is 1. The van der Waals surface area contributed by atoms with E-state index in [1.165, 1.54) is 23.9 Å². The van der Waals surface area contributed by atoms with Gasteiger partial charge in [0, 0.05) is 29.7 Å². The number of non-ortho nitro benzene ring substituents is 1. The molecule has 0 spiro atoms. The number of para-hydroxylation sites is 1. The molecule has 3 heterocycles. The molecule has 0 radical (unpaired) electrons. The number of amides is 1. The van der Waals surface area contributed by atoms with Crippen LogP contribution in [0.2, 0.25) is 0 Å². The first-order valence-electron chi connectivity index (χ1n) is 11.1. The summed E-state index contributed by atoms with van der Waals surface area (Å²) in [6, 6.07) is 15.4. The number of aromatic nitrogens is 3. The van der Waals surface area contributed by atoms with Gasteiger partial charge in [-0.05, 0) is 43.0 Å². The van der Waals surface area contributed by atoms with Gasteiger partial charge >= 0.3 is 0 Å². The van der Waals surface area contributed by atoms with Gasteiger partial charge in [-0.25, -0.2) is 0 Å². The number of ether oxygens (including phenoxy) is 1. The summed E-state index contributed by atoms with van der Waals surface area (Å²) in [5, 5.41) is 20.1. The highest BCUT2D eigenvalue weighted by Gasteiger charge is 2.37. The Bertz CT molecular complexity index is 1490. The molecule has 0 aliphatic carbocycles. The first kappa shape index (κ1) is 23.5. The molecule has 11 heteroatoms. The number of hydrogen-bond acceptors (Lipinski definition) is 9. The van der Waals surface area contributed by atoms with E-state index in [9.17, 15) is 14.9 Å². The molecule has 2 aromatic carbocycles. The largest absolute Gasteiger partial charge is 0.455 e. The summed E-state index contributed by atoms with van der Waals surface area (Å²) in [6.45, 7) is 3.55. The SMILES string of the molecule is CCC(=O)N1c2ccccc2-c2nnc(SC)nc2O[C@@H]1c1ccc(-c2ccc([N+](=O)[O-])cc2C)o1. The fourth-order valence-corrected chi connectivity index (χ4v) is 4.39. The highest BCUT2D eigenvalue weighted by molar-refractivity contribution is 7.98. The van der Waals surface area contributed by atoms with Crippen molar-refractivity contribution in [1.82, 2.24) is 15.2 Å². The Kier molecular flexibility index (Phi) is 6.15. The highest BCUT2D eigenvalue weighted by atomic mass is 32.2. The van der Waals surface area contributed by atoms with Crippen molar-refractivity contribution in [2.75, 3.05) is 11.2 Å². The minimum Gasteiger partial charge on any atom is -0.455 e. The third-order valence-corrected chi connectivity index (χ3v) is 6.36. The number of rotatable bonds is 5. The zero-order valence-electron chi connectivity index (χ0n) is 19.7. The molecule has 0 saturated heterocycles. The zero-order chi connectivity index (χ0) is 25.4. The summed E-state index contributed by atoms with van der Waals surface area (Å²) in [6.07, 6.45) is 1.11. The number of hydrogen-bond donors (Lipinski definition) is 0. The second-order valence-corrected chi connectivity index (χ2v) is 8.79. The van der Waals surface area contributed by atoms with Gasteiger partial charge in [0.1, 0.15) is 5.76 Å². The van der Waals surface area contributed by atoms with E-state index in [1.54, 1.807) is 36.9 Å². The predicted octanol–water partition coefficient (Wildman–Crippen LogP) is 5.57. The van der Waals surface area contributed by atoms with E-state index >= 15 is 0 Å². The van der Waals surface area contributed by atoms with Crippen molar-refractivity contribution in [3.8, 4) is 28.5 Å². The fraction of sp³-hybridized carbons (Fsp3) is 0.200. The van der Waals surface area contributed by atoms with Crippen LogP contribution in [0.5, 0.6) is 5.88 Å². The Morgan fingerprint density at radius 1 is 1.14 bits per heavy atom. The van der Waals surface area contributed by atoms with Crippen LogP contribution < -0.4 is 9.64 Å². The van der Waals surface area contributed by atoms with E-state index in [4.69, 9.17) is 9.15 Å². The summed E-state index contributed by atoms with van der Waals surface area (Å²) < 4.78 is 12.5. The van der Waals surface area contributed by atoms with Gasteiger partial charge in [0.15, 0.2) is 11.5 Å². The number of nitrogens with zero attached hydrogens (tertiary/aromatic N) is 5. The zero-order valence-corrected chi connectivity index (χ0v) is 20.5. The van der Waals surface area contributed by atoms with Crippen LogP contribution in [-0.2, 0) is 4.79 Å². The fourth-order valence-electron chi connectivity index (χ4n) is 4.09. The number of anilines is 1. The van der Waals surface area contributed by atoms with Crippen molar-refractivity contribution in [1.29, 1.82) is 0 Å². The van der Waals surface area contributed by atoms with Crippen LogP contribution in [0.4, 0.5) is 11.4 Å². The van der Waals surface area contributed by atoms with Gasteiger partial charge in [0.25, 0.3) is 5.69 Å². The molecule has 182 valence electrons. The first-order chi connectivity index (χ1) is 17.4. The van der Waals surface area contributed by atoms with Gasteiger partial charge in [-0.3, -0.25) is 19.8 Å². The van der Waals surface area contributed by atoms with Crippen molar-refractivity contribution in [3.05, 3.63) is 76.0 Å². The van der Waals surface area contributed by atoms with Gasteiger partial charge in [0.2, 0.25) is 23.2 Å². The molecule has 10 nitrogen and oxygen atoms in total. The smallest absolute Gasteiger partial charge is 0.269 e. The molecule has 0 saturated carbocycles. The molecule has 0 N–H and O–H groups in total. The Labute approximate surface area is 210 Å². The van der Waals surface area contributed by atoms with Crippen molar-refractivity contribution in [2.24, 2.45) is 0 Å². The Morgan fingerprint density at radius 3 is 2.67 bits per heavy atom. The minimum atomic E-state index is -0.960. The molecule has 1 aliphatic heterocycles. The number of thioether (sulfide) groups is 1. The summed E-state index contributed by atoms with van der Waals surface area (Å²) >= 11 is 1.33. The molecular formula is C25H21N5O5S. The first-order valence-corrected chi connectivity index (χ1v) is 12.4. The lowest BCUT2D eigenvalue weighted by molar-refractivity contribution is -0.384. The van der Waals surface area contributed by atoms with Crippen molar-refractivity contribution >= 4 is 29.0 Å². The predicted molar refractivity (Wildman–Crippen MR) is 134 cm³/mol. The van der Waals surface area contributed by atoms with Crippen LogP contribution in [0.1, 0.15) is 30.9 Å². The number of benzene rings is 2. The molecule has 36 heavy (non-hydrogen) atoms. The van der Waals surface area contributed by atoms with Crippen LogP contribution in [0.3, 0.4) is 0 Å². The lowest BCUT2D eigenvalue weighted by atomic mass is 10.1. The Morgan fingerprint density at radius 2 is 1.94 bits per heavy atom. The Balaban J connectivity index is 1.65. The normalized spacial score (nSPS) is 14.4. The van der Waals surface area contributed by atoms with E-state index in [0.717, 1.165) is 0 Å². The van der Waals surface area contributed by atoms with Crippen molar-refractivity contribution in [3.63, 3.8) is 0 Å². The third kappa shape index (κ3) is 4.07. The number of nitro groups is 1. The average molecular weight is 504 g/mol. The molecule has 4 aromatic rings. The van der Waals surface area contributed by atoms with E-state index in [2.05, 4.69) is 15.2 Å². The number of carbonyl (C=O) groups excluding carboxylic acids is 1. The topological polar surface area (TPSA) is 124 Å². The van der Waals surface area contributed by atoms with Crippen molar-refractivity contribution < 1.29 is 18.9 Å². The van der Waals surface area contributed by atoms with E-state index in [1.807, 2.05) is 30.5 Å². The summed E-state index contributed by atoms with van der Waals surface area (Å²) in [5.41, 5.74) is 3.08.